The van der Waals surface area contributed by atoms with Gasteiger partial charge in [0.05, 0.1) is 0 Å². The third kappa shape index (κ3) is 5.69. The molecule has 1 aromatic heterocycles. The molecule has 0 N–H and O–H groups in total. The molecule has 0 radical (unpaired) electrons. The fourth-order valence-corrected chi connectivity index (χ4v) is 6.39. The molecular weight excluding hydrogens is 571 g/mol. The van der Waals surface area contributed by atoms with E-state index in [1.165, 1.54) is 33.4 Å². The van der Waals surface area contributed by atoms with Gasteiger partial charge in [-0.25, -0.2) is 15.0 Å². The summed E-state index contributed by atoms with van der Waals surface area (Å²) in [5.41, 5.74) is 12.7. The standard InChI is InChI=1S/C44H33N3/c1-44(2)25-24-38-28-37(22-23-40(38)44)35-19-10-17-33(27-35)32-16-9-18-34(26-32)36-20-11-21-39(29-36)43-46-41(30-12-5-3-6-13-30)45-42(47-43)31-14-7-4-8-15-31/h3-29H,1-2H3. The molecule has 1 aliphatic carbocycles. The average molecular weight is 604 g/mol. The zero-order chi connectivity index (χ0) is 31.8. The van der Waals surface area contributed by atoms with Gasteiger partial charge in [0, 0.05) is 22.1 Å². The highest BCUT2D eigenvalue weighted by atomic mass is 15.0. The first kappa shape index (κ1) is 28.5. The van der Waals surface area contributed by atoms with Crippen LogP contribution in [0.3, 0.4) is 0 Å². The minimum absolute atomic E-state index is 0.0886. The van der Waals surface area contributed by atoms with Crippen LogP contribution in [0.1, 0.15) is 25.0 Å². The lowest BCUT2D eigenvalue weighted by Gasteiger charge is -2.18. The summed E-state index contributed by atoms with van der Waals surface area (Å²) in [6, 6.07) is 53.1. The second-order valence-corrected chi connectivity index (χ2v) is 12.6. The highest BCUT2D eigenvalue weighted by Crippen LogP contribution is 2.38. The van der Waals surface area contributed by atoms with E-state index in [-0.39, 0.29) is 5.41 Å². The van der Waals surface area contributed by atoms with Crippen molar-refractivity contribution < 1.29 is 0 Å². The molecule has 47 heavy (non-hydrogen) atoms. The monoisotopic (exact) mass is 603 g/mol. The van der Waals surface area contributed by atoms with Gasteiger partial charge in [0.15, 0.2) is 17.5 Å². The molecule has 0 spiro atoms. The number of allylic oxidation sites excluding steroid dienone is 1. The summed E-state index contributed by atoms with van der Waals surface area (Å²) in [6.07, 6.45) is 4.55. The molecule has 6 aromatic carbocycles. The second kappa shape index (κ2) is 11.8. The van der Waals surface area contributed by atoms with Gasteiger partial charge in [0.1, 0.15) is 0 Å². The lowest BCUT2D eigenvalue weighted by Crippen LogP contribution is -2.10. The average Bonchev–Trinajstić information content (AvgIpc) is 3.45. The molecule has 8 rings (SSSR count). The van der Waals surface area contributed by atoms with E-state index in [1.54, 1.807) is 0 Å². The summed E-state index contributed by atoms with van der Waals surface area (Å²) in [5.74, 6) is 1.96. The normalized spacial score (nSPS) is 13.0. The maximum atomic E-state index is 4.94. The lowest BCUT2D eigenvalue weighted by molar-refractivity contribution is 0.683. The van der Waals surface area contributed by atoms with Crippen molar-refractivity contribution in [3.63, 3.8) is 0 Å². The van der Waals surface area contributed by atoms with Gasteiger partial charge in [-0.1, -0.05) is 153 Å². The SMILES string of the molecule is CC1(C)C=Cc2cc(-c3cccc(-c4cccc(-c5cccc(-c6nc(-c7ccccc7)nc(-c7ccccc7)n6)c5)c4)c3)ccc21. The van der Waals surface area contributed by atoms with Gasteiger partial charge in [-0.2, -0.15) is 0 Å². The summed E-state index contributed by atoms with van der Waals surface area (Å²) in [6.45, 7) is 4.54. The second-order valence-electron chi connectivity index (χ2n) is 12.6. The topological polar surface area (TPSA) is 38.7 Å². The Balaban J connectivity index is 1.14. The van der Waals surface area contributed by atoms with Gasteiger partial charge in [-0.3, -0.25) is 0 Å². The summed E-state index contributed by atoms with van der Waals surface area (Å²) in [5, 5.41) is 0. The number of hydrogen-bond donors (Lipinski definition) is 0. The summed E-state index contributed by atoms with van der Waals surface area (Å²) in [4.78, 5) is 14.7. The van der Waals surface area contributed by atoms with Crippen LogP contribution in [-0.4, -0.2) is 15.0 Å². The van der Waals surface area contributed by atoms with E-state index >= 15 is 0 Å². The molecule has 0 saturated carbocycles. The van der Waals surface area contributed by atoms with E-state index in [0.29, 0.717) is 17.5 Å². The van der Waals surface area contributed by atoms with E-state index < -0.39 is 0 Å². The smallest absolute Gasteiger partial charge is 0.164 e. The van der Waals surface area contributed by atoms with Crippen molar-refractivity contribution in [3.8, 4) is 67.5 Å². The van der Waals surface area contributed by atoms with E-state index in [0.717, 1.165) is 27.8 Å². The van der Waals surface area contributed by atoms with Crippen molar-refractivity contribution in [1.29, 1.82) is 0 Å². The Labute approximate surface area is 276 Å². The number of nitrogens with zero attached hydrogens (tertiary/aromatic N) is 3. The van der Waals surface area contributed by atoms with Crippen LogP contribution in [0, 0.1) is 0 Å². The molecule has 7 aromatic rings. The van der Waals surface area contributed by atoms with Gasteiger partial charge in [0.25, 0.3) is 0 Å². The van der Waals surface area contributed by atoms with Crippen LogP contribution < -0.4 is 0 Å². The lowest BCUT2D eigenvalue weighted by atomic mass is 9.86. The van der Waals surface area contributed by atoms with Crippen molar-refractivity contribution >= 4 is 6.08 Å². The third-order valence-corrected chi connectivity index (χ3v) is 8.97. The molecule has 1 heterocycles. The number of aromatic nitrogens is 3. The minimum atomic E-state index is 0.0886. The van der Waals surface area contributed by atoms with Crippen molar-refractivity contribution in [2.24, 2.45) is 0 Å². The molecule has 1 aliphatic rings. The molecular formula is C44H33N3. The Morgan fingerprint density at radius 2 is 0.745 bits per heavy atom. The van der Waals surface area contributed by atoms with Crippen LogP contribution in [0.2, 0.25) is 0 Å². The third-order valence-electron chi connectivity index (χ3n) is 8.97. The Bertz CT molecular complexity index is 2210. The molecule has 0 fully saturated rings. The van der Waals surface area contributed by atoms with Gasteiger partial charge < -0.3 is 0 Å². The van der Waals surface area contributed by atoms with Crippen LogP contribution in [0.5, 0.6) is 0 Å². The van der Waals surface area contributed by atoms with Gasteiger partial charge in [0.2, 0.25) is 0 Å². The zero-order valence-electron chi connectivity index (χ0n) is 26.4. The number of benzene rings is 6. The van der Waals surface area contributed by atoms with Gasteiger partial charge in [-0.15, -0.1) is 0 Å². The molecule has 0 unspecified atom stereocenters. The molecule has 3 heteroatoms. The number of rotatable bonds is 6. The van der Waals surface area contributed by atoms with Crippen LogP contribution in [0.25, 0.3) is 73.6 Å². The van der Waals surface area contributed by atoms with Crippen molar-refractivity contribution in [2.45, 2.75) is 19.3 Å². The Morgan fingerprint density at radius 1 is 0.362 bits per heavy atom. The van der Waals surface area contributed by atoms with E-state index in [2.05, 4.69) is 117 Å². The predicted molar refractivity (Wildman–Crippen MR) is 195 cm³/mol. The summed E-state index contributed by atoms with van der Waals surface area (Å²) in [7, 11) is 0. The molecule has 0 atom stereocenters. The van der Waals surface area contributed by atoms with Crippen LogP contribution >= 0.6 is 0 Å². The molecule has 0 amide bonds. The largest absolute Gasteiger partial charge is 0.208 e. The van der Waals surface area contributed by atoms with Gasteiger partial charge in [-0.05, 0) is 68.8 Å². The Kier molecular flexibility index (Phi) is 7.15. The molecule has 0 aliphatic heterocycles. The van der Waals surface area contributed by atoms with E-state index in [4.69, 9.17) is 15.0 Å². The first-order chi connectivity index (χ1) is 23.0. The maximum Gasteiger partial charge on any atom is 0.164 e. The van der Waals surface area contributed by atoms with Crippen molar-refractivity contribution in [3.05, 3.63) is 169 Å². The number of hydrogen-bond acceptors (Lipinski definition) is 3. The van der Waals surface area contributed by atoms with E-state index in [1.807, 2.05) is 60.7 Å². The van der Waals surface area contributed by atoms with Gasteiger partial charge >= 0.3 is 0 Å². The maximum absolute atomic E-state index is 4.94. The minimum Gasteiger partial charge on any atom is -0.208 e. The van der Waals surface area contributed by atoms with Crippen LogP contribution in [0.15, 0.2) is 158 Å². The molecule has 3 nitrogen and oxygen atoms in total. The number of fused-ring (bicyclic) bond motifs is 1. The Morgan fingerprint density at radius 3 is 1.23 bits per heavy atom. The van der Waals surface area contributed by atoms with Crippen molar-refractivity contribution in [2.75, 3.05) is 0 Å². The molecule has 0 bridgehead atoms. The fraction of sp³-hybridized carbons (Fsp3) is 0.0682. The highest BCUT2D eigenvalue weighted by Gasteiger charge is 2.24. The highest BCUT2D eigenvalue weighted by molar-refractivity contribution is 5.80. The zero-order valence-corrected chi connectivity index (χ0v) is 26.4. The first-order valence-corrected chi connectivity index (χ1v) is 16.0. The van der Waals surface area contributed by atoms with Crippen molar-refractivity contribution in [1.82, 2.24) is 15.0 Å². The summed E-state index contributed by atoms with van der Waals surface area (Å²) < 4.78 is 0. The Hall–Kier alpha value is -5.93. The van der Waals surface area contributed by atoms with E-state index in [9.17, 15) is 0 Å². The molecule has 224 valence electrons. The predicted octanol–water partition coefficient (Wildman–Crippen LogP) is 11.2. The van der Waals surface area contributed by atoms with Crippen LogP contribution in [0.4, 0.5) is 0 Å². The first-order valence-electron chi connectivity index (χ1n) is 16.0. The van der Waals surface area contributed by atoms with Crippen LogP contribution in [-0.2, 0) is 5.41 Å². The summed E-state index contributed by atoms with van der Waals surface area (Å²) >= 11 is 0. The molecule has 0 saturated heterocycles. The quantitative estimate of drug-likeness (QED) is 0.190. The fourth-order valence-electron chi connectivity index (χ4n) is 6.39.